The molecule has 0 spiro atoms. The Labute approximate surface area is 96.3 Å². The average Bonchev–Trinajstić information content (AvgIpc) is 2.26. The van der Waals surface area contributed by atoms with Gasteiger partial charge in [-0.1, -0.05) is 31.9 Å². The van der Waals surface area contributed by atoms with E-state index in [0.29, 0.717) is 0 Å². The number of benzene rings is 1. The number of hydrogen-bond acceptors (Lipinski definition) is 2. The van der Waals surface area contributed by atoms with E-state index in [1.54, 1.807) is 24.3 Å². The Morgan fingerprint density at radius 2 is 1.94 bits per heavy atom. The smallest absolute Gasteiger partial charge is 0.227 e. The summed E-state index contributed by atoms with van der Waals surface area (Å²) in [6, 6.07) is 6.69. The van der Waals surface area contributed by atoms with E-state index in [4.69, 9.17) is 5.73 Å². The number of phenolic OH excluding ortho intramolecular Hbond substituents is 1. The topological polar surface area (TPSA) is 63.3 Å². The molecule has 0 heterocycles. The van der Waals surface area contributed by atoms with Gasteiger partial charge in [-0.25, -0.2) is 0 Å². The predicted octanol–water partition coefficient (Wildman–Crippen LogP) is 2.33. The molecule has 3 N–H and O–H groups in total. The van der Waals surface area contributed by atoms with Crippen molar-refractivity contribution < 1.29 is 9.90 Å². The third-order valence-corrected chi connectivity index (χ3v) is 3.08. The van der Waals surface area contributed by atoms with Gasteiger partial charge in [0.25, 0.3) is 0 Å². The number of unbranched alkanes of at least 4 members (excludes halogenated alkanes) is 1. The SMILES string of the molecule is CCCCC(C)(C(N)=O)c1ccc(O)cc1. The zero-order valence-corrected chi connectivity index (χ0v) is 9.86. The quantitative estimate of drug-likeness (QED) is 0.801. The minimum Gasteiger partial charge on any atom is -0.508 e. The Morgan fingerprint density at radius 1 is 1.38 bits per heavy atom. The molecule has 0 aliphatic heterocycles. The van der Waals surface area contributed by atoms with Gasteiger partial charge in [-0.15, -0.1) is 0 Å². The summed E-state index contributed by atoms with van der Waals surface area (Å²) in [5, 5.41) is 9.22. The molecule has 1 rings (SSSR count). The summed E-state index contributed by atoms with van der Waals surface area (Å²) in [7, 11) is 0. The fourth-order valence-electron chi connectivity index (χ4n) is 1.77. The number of aromatic hydroxyl groups is 1. The van der Waals surface area contributed by atoms with E-state index in [1.165, 1.54) is 0 Å². The van der Waals surface area contributed by atoms with Crippen molar-refractivity contribution in [2.45, 2.75) is 38.5 Å². The highest BCUT2D eigenvalue weighted by Crippen LogP contribution is 2.30. The number of amides is 1. The summed E-state index contributed by atoms with van der Waals surface area (Å²) in [6.07, 6.45) is 2.73. The molecule has 0 radical (unpaired) electrons. The molecule has 1 aromatic rings. The van der Waals surface area contributed by atoms with Gasteiger partial charge in [-0.05, 0) is 31.0 Å². The molecular formula is C13H19NO2. The van der Waals surface area contributed by atoms with Gasteiger partial charge >= 0.3 is 0 Å². The van der Waals surface area contributed by atoms with E-state index in [-0.39, 0.29) is 11.7 Å². The van der Waals surface area contributed by atoms with Crippen LogP contribution in [0.2, 0.25) is 0 Å². The number of nitrogens with two attached hydrogens (primary N) is 1. The van der Waals surface area contributed by atoms with Crippen LogP contribution in [0.4, 0.5) is 0 Å². The second-order valence-corrected chi connectivity index (χ2v) is 4.35. The maximum Gasteiger partial charge on any atom is 0.227 e. The van der Waals surface area contributed by atoms with Gasteiger partial charge in [-0.3, -0.25) is 4.79 Å². The van der Waals surface area contributed by atoms with E-state index in [0.717, 1.165) is 24.8 Å². The minimum absolute atomic E-state index is 0.200. The molecule has 1 unspecified atom stereocenters. The number of primary amides is 1. The highest BCUT2D eigenvalue weighted by molar-refractivity contribution is 5.86. The van der Waals surface area contributed by atoms with Crippen LogP contribution in [0.15, 0.2) is 24.3 Å². The van der Waals surface area contributed by atoms with E-state index < -0.39 is 5.41 Å². The number of rotatable bonds is 5. The molecular weight excluding hydrogens is 202 g/mol. The first kappa shape index (κ1) is 12.6. The van der Waals surface area contributed by atoms with Crippen LogP contribution in [-0.2, 0) is 10.2 Å². The van der Waals surface area contributed by atoms with Crippen molar-refractivity contribution in [3.8, 4) is 5.75 Å². The monoisotopic (exact) mass is 221 g/mol. The third-order valence-electron chi connectivity index (χ3n) is 3.08. The first-order valence-electron chi connectivity index (χ1n) is 5.60. The second kappa shape index (κ2) is 5.01. The van der Waals surface area contributed by atoms with Crippen LogP contribution in [0.3, 0.4) is 0 Å². The molecule has 0 fully saturated rings. The van der Waals surface area contributed by atoms with Crippen LogP contribution >= 0.6 is 0 Å². The molecule has 0 aromatic heterocycles. The number of hydrogen-bond donors (Lipinski definition) is 2. The molecule has 0 saturated carbocycles. The lowest BCUT2D eigenvalue weighted by molar-refractivity contribution is -0.123. The largest absolute Gasteiger partial charge is 0.508 e. The van der Waals surface area contributed by atoms with Gasteiger partial charge in [0, 0.05) is 0 Å². The van der Waals surface area contributed by atoms with Gasteiger partial charge in [-0.2, -0.15) is 0 Å². The first-order valence-corrected chi connectivity index (χ1v) is 5.60. The first-order chi connectivity index (χ1) is 7.50. The van der Waals surface area contributed by atoms with Gasteiger partial charge in [0.15, 0.2) is 0 Å². The van der Waals surface area contributed by atoms with Crippen LogP contribution < -0.4 is 5.73 Å². The zero-order chi connectivity index (χ0) is 12.2. The molecule has 16 heavy (non-hydrogen) atoms. The van der Waals surface area contributed by atoms with E-state index >= 15 is 0 Å². The van der Waals surface area contributed by atoms with Gasteiger partial charge in [0.1, 0.15) is 5.75 Å². The van der Waals surface area contributed by atoms with Crippen molar-refractivity contribution in [2.75, 3.05) is 0 Å². The molecule has 3 nitrogen and oxygen atoms in total. The van der Waals surface area contributed by atoms with Crippen molar-refractivity contribution in [3.63, 3.8) is 0 Å². The van der Waals surface area contributed by atoms with Crippen LogP contribution in [0.5, 0.6) is 5.75 Å². The highest BCUT2D eigenvalue weighted by atomic mass is 16.3. The zero-order valence-electron chi connectivity index (χ0n) is 9.86. The average molecular weight is 221 g/mol. The van der Waals surface area contributed by atoms with Crippen LogP contribution in [0.1, 0.15) is 38.7 Å². The van der Waals surface area contributed by atoms with Crippen molar-refractivity contribution in [1.82, 2.24) is 0 Å². The Morgan fingerprint density at radius 3 is 2.38 bits per heavy atom. The summed E-state index contributed by atoms with van der Waals surface area (Å²) in [4.78, 5) is 11.6. The minimum atomic E-state index is -0.635. The van der Waals surface area contributed by atoms with Crippen molar-refractivity contribution >= 4 is 5.91 Å². The summed E-state index contributed by atoms with van der Waals surface area (Å²) in [5.74, 6) is -0.113. The number of phenols is 1. The van der Waals surface area contributed by atoms with Gasteiger partial charge < -0.3 is 10.8 Å². The van der Waals surface area contributed by atoms with Gasteiger partial charge in [0.05, 0.1) is 5.41 Å². The fourth-order valence-corrected chi connectivity index (χ4v) is 1.77. The van der Waals surface area contributed by atoms with Crippen LogP contribution in [0.25, 0.3) is 0 Å². The molecule has 3 heteroatoms. The Hall–Kier alpha value is -1.51. The van der Waals surface area contributed by atoms with Crippen molar-refractivity contribution in [1.29, 1.82) is 0 Å². The molecule has 1 atom stereocenters. The third kappa shape index (κ3) is 2.54. The molecule has 0 bridgehead atoms. The predicted molar refractivity (Wildman–Crippen MR) is 64.2 cm³/mol. The van der Waals surface area contributed by atoms with Crippen LogP contribution in [0, 0.1) is 0 Å². The summed E-state index contributed by atoms with van der Waals surface area (Å²) >= 11 is 0. The number of carbonyl (C=O) groups is 1. The molecule has 88 valence electrons. The van der Waals surface area contributed by atoms with E-state index in [9.17, 15) is 9.90 Å². The summed E-state index contributed by atoms with van der Waals surface area (Å²) in [5.41, 5.74) is 5.71. The fraction of sp³-hybridized carbons (Fsp3) is 0.462. The lowest BCUT2D eigenvalue weighted by Crippen LogP contribution is -2.38. The summed E-state index contributed by atoms with van der Waals surface area (Å²) in [6.45, 7) is 3.94. The highest BCUT2D eigenvalue weighted by Gasteiger charge is 2.32. The normalized spacial score (nSPS) is 14.4. The summed E-state index contributed by atoms with van der Waals surface area (Å²) < 4.78 is 0. The van der Waals surface area contributed by atoms with Gasteiger partial charge in [0.2, 0.25) is 5.91 Å². The Bertz CT molecular complexity index is 359. The van der Waals surface area contributed by atoms with Crippen LogP contribution in [-0.4, -0.2) is 11.0 Å². The van der Waals surface area contributed by atoms with E-state index in [1.807, 2.05) is 6.92 Å². The maximum atomic E-state index is 11.6. The molecule has 0 saturated heterocycles. The lowest BCUT2D eigenvalue weighted by atomic mass is 9.77. The lowest BCUT2D eigenvalue weighted by Gasteiger charge is -2.26. The molecule has 1 amide bonds. The Kier molecular flexibility index (Phi) is 3.93. The van der Waals surface area contributed by atoms with E-state index in [2.05, 4.69) is 6.92 Å². The molecule has 1 aromatic carbocycles. The van der Waals surface area contributed by atoms with Crippen molar-refractivity contribution in [3.05, 3.63) is 29.8 Å². The maximum absolute atomic E-state index is 11.6. The Balaban J connectivity index is 3.01. The molecule has 0 aliphatic carbocycles. The standard InChI is InChI=1S/C13H19NO2/c1-3-4-9-13(2,12(14)16)10-5-7-11(15)8-6-10/h5-8,15H,3-4,9H2,1-2H3,(H2,14,16). The molecule has 0 aliphatic rings. The second-order valence-electron chi connectivity index (χ2n) is 4.35. The number of carbonyl (C=O) groups excluding carboxylic acids is 1. The van der Waals surface area contributed by atoms with Crippen molar-refractivity contribution in [2.24, 2.45) is 5.73 Å².